The van der Waals surface area contributed by atoms with Gasteiger partial charge >= 0.3 is 11.1 Å². The van der Waals surface area contributed by atoms with Gasteiger partial charge in [-0.3, -0.25) is 18.7 Å². The van der Waals surface area contributed by atoms with Crippen LogP contribution in [0.2, 0.25) is 5.02 Å². The molecule has 0 saturated heterocycles. The average molecular weight is 413 g/mol. The highest BCUT2D eigenvalue weighted by atomic mass is 35.5. The Morgan fingerprint density at radius 1 is 1.10 bits per heavy atom. The van der Waals surface area contributed by atoms with Crippen molar-refractivity contribution >= 4 is 11.6 Å². The zero-order valence-corrected chi connectivity index (χ0v) is 15.9. The molecular formula is C20H14ClFN4O3. The molecule has 2 aromatic carbocycles. The van der Waals surface area contributed by atoms with E-state index in [1.807, 2.05) is 19.1 Å². The second-order valence-electron chi connectivity index (χ2n) is 6.33. The number of hydrogen-bond acceptors (Lipinski definition) is 5. The van der Waals surface area contributed by atoms with Crippen LogP contribution in [0.3, 0.4) is 0 Å². The minimum absolute atomic E-state index is 0.0155. The molecule has 0 saturated carbocycles. The molecule has 0 aliphatic carbocycles. The van der Waals surface area contributed by atoms with E-state index in [9.17, 15) is 14.0 Å². The van der Waals surface area contributed by atoms with Gasteiger partial charge in [0.2, 0.25) is 11.7 Å². The van der Waals surface area contributed by atoms with E-state index in [4.69, 9.17) is 16.1 Å². The highest BCUT2D eigenvalue weighted by molar-refractivity contribution is 6.30. The Bertz CT molecular complexity index is 1330. The van der Waals surface area contributed by atoms with Crippen LogP contribution in [-0.2, 0) is 6.54 Å². The molecule has 4 rings (SSSR count). The molecule has 2 aromatic heterocycles. The minimum atomic E-state index is -0.729. The lowest BCUT2D eigenvalue weighted by Crippen LogP contribution is -2.40. The summed E-state index contributed by atoms with van der Waals surface area (Å²) in [5.74, 6) is -0.353. The normalized spacial score (nSPS) is 11.0. The van der Waals surface area contributed by atoms with Crippen LogP contribution in [0.15, 0.2) is 69.0 Å². The molecule has 4 aromatic rings. The first-order valence-corrected chi connectivity index (χ1v) is 8.98. The van der Waals surface area contributed by atoms with Gasteiger partial charge in [0.1, 0.15) is 12.4 Å². The van der Waals surface area contributed by atoms with E-state index in [-0.39, 0.29) is 23.3 Å². The first-order chi connectivity index (χ1) is 13.9. The molecule has 146 valence electrons. The predicted molar refractivity (Wildman–Crippen MR) is 105 cm³/mol. The van der Waals surface area contributed by atoms with Gasteiger partial charge in [0.15, 0.2) is 0 Å². The van der Waals surface area contributed by atoms with Crippen molar-refractivity contribution < 1.29 is 8.91 Å². The van der Waals surface area contributed by atoms with Crippen LogP contribution < -0.4 is 11.1 Å². The summed E-state index contributed by atoms with van der Waals surface area (Å²) >= 11 is 5.67. The fourth-order valence-electron chi connectivity index (χ4n) is 2.87. The van der Waals surface area contributed by atoms with Crippen molar-refractivity contribution in [2.75, 3.05) is 0 Å². The molecule has 0 spiro atoms. The SMILES string of the molecule is Cc1ccccc1-n1ccn(Cc2nc(-c3ccc(Cl)c(F)c3)no2)c(=O)c1=O. The molecule has 0 fully saturated rings. The number of aromatic nitrogens is 4. The van der Waals surface area contributed by atoms with Crippen molar-refractivity contribution in [2.24, 2.45) is 0 Å². The van der Waals surface area contributed by atoms with Crippen molar-refractivity contribution in [3.05, 3.63) is 97.9 Å². The Morgan fingerprint density at radius 2 is 1.90 bits per heavy atom. The lowest BCUT2D eigenvalue weighted by atomic mass is 10.2. The van der Waals surface area contributed by atoms with Crippen molar-refractivity contribution in [3.8, 4) is 17.1 Å². The van der Waals surface area contributed by atoms with Crippen molar-refractivity contribution in [3.63, 3.8) is 0 Å². The zero-order chi connectivity index (χ0) is 20.5. The second-order valence-corrected chi connectivity index (χ2v) is 6.74. The Kier molecular flexibility index (Phi) is 4.85. The topological polar surface area (TPSA) is 82.9 Å². The van der Waals surface area contributed by atoms with Crippen LogP contribution in [0.25, 0.3) is 17.1 Å². The molecule has 2 heterocycles. The number of benzene rings is 2. The van der Waals surface area contributed by atoms with E-state index < -0.39 is 16.9 Å². The van der Waals surface area contributed by atoms with Crippen molar-refractivity contribution in [2.45, 2.75) is 13.5 Å². The first-order valence-electron chi connectivity index (χ1n) is 8.60. The Labute approximate surface area is 168 Å². The maximum absolute atomic E-state index is 13.6. The Hall–Kier alpha value is -3.52. The summed E-state index contributed by atoms with van der Waals surface area (Å²) in [6.45, 7) is 1.76. The molecule has 0 amide bonds. The van der Waals surface area contributed by atoms with Crippen LogP contribution in [-0.4, -0.2) is 19.3 Å². The summed E-state index contributed by atoms with van der Waals surface area (Å²) in [5.41, 5.74) is 0.452. The van der Waals surface area contributed by atoms with E-state index in [0.717, 1.165) is 5.56 Å². The summed E-state index contributed by atoms with van der Waals surface area (Å²) in [4.78, 5) is 29.2. The molecule has 0 aliphatic heterocycles. The molecule has 0 N–H and O–H groups in total. The quantitative estimate of drug-likeness (QED) is 0.481. The third-order valence-electron chi connectivity index (χ3n) is 4.38. The minimum Gasteiger partial charge on any atom is -0.337 e. The van der Waals surface area contributed by atoms with E-state index in [2.05, 4.69) is 10.1 Å². The smallest absolute Gasteiger partial charge is 0.320 e. The summed E-state index contributed by atoms with van der Waals surface area (Å²) in [7, 11) is 0. The number of rotatable bonds is 4. The lowest BCUT2D eigenvalue weighted by molar-refractivity contribution is 0.369. The fourth-order valence-corrected chi connectivity index (χ4v) is 2.99. The van der Waals surface area contributed by atoms with Gasteiger partial charge in [-0.15, -0.1) is 0 Å². The number of hydrogen-bond donors (Lipinski definition) is 0. The second kappa shape index (κ2) is 7.48. The molecule has 0 unspecified atom stereocenters. The Morgan fingerprint density at radius 3 is 2.66 bits per heavy atom. The van der Waals surface area contributed by atoms with Crippen molar-refractivity contribution in [1.29, 1.82) is 0 Å². The van der Waals surface area contributed by atoms with Gasteiger partial charge in [0.25, 0.3) is 0 Å². The zero-order valence-electron chi connectivity index (χ0n) is 15.2. The third-order valence-corrected chi connectivity index (χ3v) is 4.69. The lowest BCUT2D eigenvalue weighted by Gasteiger charge is -2.09. The van der Waals surface area contributed by atoms with Crippen molar-refractivity contribution in [1.82, 2.24) is 19.3 Å². The fraction of sp³-hybridized carbons (Fsp3) is 0.100. The maximum atomic E-state index is 13.6. The summed E-state index contributed by atoms with van der Waals surface area (Å²) in [5, 5.41) is 3.77. The number of para-hydroxylation sites is 1. The Balaban J connectivity index is 1.64. The molecule has 29 heavy (non-hydrogen) atoms. The molecule has 0 bridgehead atoms. The molecular weight excluding hydrogens is 399 g/mol. The highest BCUT2D eigenvalue weighted by Crippen LogP contribution is 2.22. The molecule has 0 atom stereocenters. The van der Waals surface area contributed by atoms with E-state index in [1.54, 1.807) is 18.2 Å². The van der Waals surface area contributed by atoms with Crippen LogP contribution in [0.4, 0.5) is 4.39 Å². The van der Waals surface area contributed by atoms with Gasteiger partial charge in [0.05, 0.1) is 10.7 Å². The predicted octanol–water partition coefficient (Wildman–Crippen LogP) is 3.20. The first kappa shape index (κ1) is 18.8. The molecule has 7 nitrogen and oxygen atoms in total. The van der Waals surface area contributed by atoms with Crippen LogP contribution in [0.1, 0.15) is 11.5 Å². The highest BCUT2D eigenvalue weighted by Gasteiger charge is 2.14. The summed E-state index contributed by atoms with van der Waals surface area (Å²) in [6.07, 6.45) is 2.99. The molecule has 0 aliphatic rings. The van der Waals surface area contributed by atoms with E-state index in [0.29, 0.717) is 11.3 Å². The third kappa shape index (κ3) is 3.62. The largest absolute Gasteiger partial charge is 0.337 e. The average Bonchev–Trinajstić information content (AvgIpc) is 3.17. The number of halogens is 2. The van der Waals surface area contributed by atoms with Gasteiger partial charge < -0.3 is 4.52 Å². The standard InChI is InChI=1S/C20H14ClFN4O3/c1-12-4-2-3-5-16(12)26-9-8-25(19(27)20(26)28)11-17-23-18(24-29-17)13-6-7-14(21)15(22)10-13/h2-10H,11H2,1H3. The van der Waals surface area contributed by atoms with Gasteiger partial charge in [-0.1, -0.05) is 35.0 Å². The monoisotopic (exact) mass is 412 g/mol. The van der Waals surface area contributed by atoms with Gasteiger partial charge in [-0.2, -0.15) is 4.98 Å². The summed E-state index contributed by atoms with van der Waals surface area (Å²) < 4.78 is 21.2. The van der Waals surface area contributed by atoms with E-state index in [1.165, 1.54) is 33.7 Å². The molecule has 9 heteroatoms. The number of nitrogens with zero attached hydrogens (tertiary/aromatic N) is 4. The molecule has 0 radical (unpaired) electrons. The van der Waals surface area contributed by atoms with Crippen LogP contribution >= 0.6 is 11.6 Å². The van der Waals surface area contributed by atoms with Crippen LogP contribution in [0.5, 0.6) is 0 Å². The van der Waals surface area contributed by atoms with Crippen LogP contribution in [0, 0.1) is 12.7 Å². The van der Waals surface area contributed by atoms with Gasteiger partial charge in [0, 0.05) is 18.0 Å². The van der Waals surface area contributed by atoms with E-state index >= 15 is 0 Å². The maximum Gasteiger partial charge on any atom is 0.320 e. The van der Waals surface area contributed by atoms with Gasteiger partial charge in [-0.25, -0.2) is 4.39 Å². The summed E-state index contributed by atoms with van der Waals surface area (Å²) in [6, 6.07) is 11.4. The van der Waals surface area contributed by atoms with Gasteiger partial charge in [-0.05, 0) is 36.8 Å². The number of aryl methyl sites for hydroxylation is 1.